The van der Waals surface area contributed by atoms with E-state index in [2.05, 4.69) is 34.1 Å². The summed E-state index contributed by atoms with van der Waals surface area (Å²) in [5.41, 5.74) is 0. The van der Waals surface area contributed by atoms with Gasteiger partial charge >= 0.3 is 6.01 Å². The third-order valence-corrected chi connectivity index (χ3v) is 3.84. The van der Waals surface area contributed by atoms with E-state index < -0.39 is 0 Å². The van der Waals surface area contributed by atoms with Crippen LogP contribution in [-0.2, 0) is 0 Å². The van der Waals surface area contributed by atoms with E-state index in [9.17, 15) is 0 Å². The molecule has 1 saturated carbocycles. The molecule has 5 nitrogen and oxygen atoms in total. The van der Waals surface area contributed by atoms with Crippen LogP contribution in [0.4, 0.5) is 5.95 Å². The number of nitrogens with one attached hydrogen (secondary N) is 1. The van der Waals surface area contributed by atoms with Crippen molar-refractivity contribution in [3.63, 3.8) is 0 Å². The first-order valence-corrected chi connectivity index (χ1v) is 7.66. The predicted molar refractivity (Wildman–Crippen MR) is 80.2 cm³/mol. The largest absolute Gasteiger partial charge is 0.461 e. The number of hydrogen-bond acceptors (Lipinski definition) is 5. The highest BCUT2D eigenvalue weighted by atomic mass is 35.5. The van der Waals surface area contributed by atoms with E-state index in [0.717, 1.165) is 12.3 Å². The molecule has 3 unspecified atom stereocenters. The van der Waals surface area contributed by atoms with Gasteiger partial charge in [0.05, 0.1) is 6.10 Å². The summed E-state index contributed by atoms with van der Waals surface area (Å²) in [5.74, 6) is 1.90. The molecule has 1 aromatic rings. The Labute approximate surface area is 125 Å². The first kappa shape index (κ1) is 15.3. The van der Waals surface area contributed by atoms with Crippen molar-refractivity contribution in [1.82, 2.24) is 15.0 Å². The minimum atomic E-state index is 0.00997. The number of halogens is 1. The van der Waals surface area contributed by atoms with E-state index in [-0.39, 0.29) is 17.4 Å². The van der Waals surface area contributed by atoms with Gasteiger partial charge in [-0.3, -0.25) is 0 Å². The van der Waals surface area contributed by atoms with Crippen molar-refractivity contribution in [3.05, 3.63) is 5.28 Å². The van der Waals surface area contributed by atoms with Crippen LogP contribution in [0.25, 0.3) is 0 Å². The molecule has 1 aromatic heterocycles. The van der Waals surface area contributed by atoms with Crippen molar-refractivity contribution in [3.8, 4) is 6.01 Å². The third-order valence-electron chi connectivity index (χ3n) is 3.67. The van der Waals surface area contributed by atoms with Crippen molar-refractivity contribution in [2.24, 2.45) is 11.8 Å². The van der Waals surface area contributed by atoms with Crippen molar-refractivity contribution in [2.45, 2.75) is 59.1 Å². The Morgan fingerprint density at radius 2 is 1.95 bits per heavy atom. The van der Waals surface area contributed by atoms with Gasteiger partial charge in [0, 0.05) is 6.04 Å². The van der Waals surface area contributed by atoms with Gasteiger partial charge in [0.2, 0.25) is 11.2 Å². The van der Waals surface area contributed by atoms with Gasteiger partial charge in [-0.2, -0.15) is 15.0 Å². The molecule has 6 heteroatoms. The molecule has 1 fully saturated rings. The van der Waals surface area contributed by atoms with Crippen LogP contribution in [-0.4, -0.2) is 27.1 Å². The maximum absolute atomic E-state index is 5.93. The van der Waals surface area contributed by atoms with Crippen LogP contribution in [0.2, 0.25) is 5.28 Å². The van der Waals surface area contributed by atoms with Crippen LogP contribution >= 0.6 is 11.6 Å². The Hall–Kier alpha value is -1.10. The van der Waals surface area contributed by atoms with E-state index in [0.29, 0.717) is 17.9 Å². The standard InChI is InChI=1S/C14H23ClN4O/c1-8(2)20-14-18-12(15)17-13(19-14)16-11-6-5-9(3)7-10(11)4/h8-11H,5-7H2,1-4H3,(H,16,17,18,19). The lowest BCUT2D eigenvalue weighted by atomic mass is 9.80. The molecule has 0 radical (unpaired) electrons. The number of ether oxygens (including phenoxy) is 1. The first-order chi connectivity index (χ1) is 9.44. The average molecular weight is 299 g/mol. The molecule has 0 saturated heterocycles. The molecule has 0 bridgehead atoms. The van der Waals surface area contributed by atoms with Crippen molar-refractivity contribution in [2.75, 3.05) is 5.32 Å². The van der Waals surface area contributed by atoms with E-state index >= 15 is 0 Å². The van der Waals surface area contributed by atoms with Crippen molar-refractivity contribution < 1.29 is 4.74 Å². The van der Waals surface area contributed by atoms with Gasteiger partial charge in [0.25, 0.3) is 0 Å². The predicted octanol–water partition coefficient (Wildman–Crippen LogP) is 3.55. The summed E-state index contributed by atoms with van der Waals surface area (Å²) in [7, 11) is 0. The Morgan fingerprint density at radius 1 is 1.20 bits per heavy atom. The van der Waals surface area contributed by atoms with Crippen LogP contribution in [0, 0.1) is 11.8 Å². The molecule has 3 atom stereocenters. The lowest BCUT2D eigenvalue weighted by molar-refractivity contribution is 0.221. The molecule has 0 aromatic carbocycles. The number of aromatic nitrogens is 3. The lowest BCUT2D eigenvalue weighted by Crippen LogP contribution is -2.33. The molecule has 1 N–H and O–H groups in total. The number of anilines is 1. The molecule has 0 aliphatic heterocycles. The molecule has 1 aliphatic carbocycles. The molecule has 20 heavy (non-hydrogen) atoms. The maximum Gasteiger partial charge on any atom is 0.322 e. The fraction of sp³-hybridized carbons (Fsp3) is 0.786. The summed E-state index contributed by atoms with van der Waals surface area (Å²) >= 11 is 5.93. The van der Waals surface area contributed by atoms with Crippen molar-refractivity contribution in [1.29, 1.82) is 0 Å². The van der Waals surface area contributed by atoms with Crippen LogP contribution < -0.4 is 10.1 Å². The van der Waals surface area contributed by atoms with Gasteiger partial charge in [-0.05, 0) is 56.5 Å². The first-order valence-electron chi connectivity index (χ1n) is 7.28. The smallest absolute Gasteiger partial charge is 0.322 e. The Balaban J connectivity index is 2.07. The lowest BCUT2D eigenvalue weighted by Gasteiger charge is -2.33. The summed E-state index contributed by atoms with van der Waals surface area (Å²) in [5, 5.41) is 3.54. The highest BCUT2D eigenvalue weighted by molar-refractivity contribution is 6.28. The highest BCUT2D eigenvalue weighted by Crippen LogP contribution is 2.30. The summed E-state index contributed by atoms with van der Waals surface area (Å²) in [6, 6.07) is 0.663. The van der Waals surface area contributed by atoms with Gasteiger partial charge in [-0.15, -0.1) is 0 Å². The number of rotatable bonds is 4. The molecule has 2 rings (SSSR count). The van der Waals surface area contributed by atoms with Gasteiger partial charge in [-0.1, -0.05) is 13.8 Å². The molecular weight excluding hydrogens is 276 g/mol. The van der Waals surface area contributed by atoms with Crippen LogP contribution in [0.5, 0.6) is 6.01 Å². The normalized spacial score (nSPS) is 26.6. The fourth-order valence-electron chi connectivity index (χ4n) is 2.71. The fourth-order valence-corrected chi connectivity index (χ4v) is 2.86. The zero-order chi connectivity index (χ0) is 14.7. The highest BCUT2D eigenvalue weighted by Gasteiger charge is 2.26. The Morgan fingerprint density at radius 3 is 2.60 bits per heavy atom. The van der Waals surface area contributed by atoms with Crippen LogP contribution in [0.3, 0.4) is 0 Å². The van der Waals surface area contributed by atoms with E-state index in [4.69, 9.17) is 16.3 Å². The Kier molecular flexibility index (Phi) is 5.02. The third kappa shape index (κ3) is 4.20. The Bertz CT molecular complexity index is 455. The van der Waals surface area contributed by atoms with Gasteiger partial charge < -0.3 is 10.1 Å². The van der Waals surface area contributed by atoms with Crippen LogP contribution in [0.15, 0.2) is 0 Å². The summed E-state index contributed by atoms with van der Waals surface area (Å²) in [6.45, 7) is 8.42. The van der Waals surface area contributed by atoms with E-state index in [1.165, 1.54) is 12.8 Å². The topological polar surface area (TPSA) is 59.9 Å². The molecule has 0 spiro atoms. The zero-order valence-corrected chi connectivity index (χ0v) is 13.3. The second kappa shape index (κ2) is 6.57. The van der Waals surface area contributed by atoms with Gasteiger partial charge in [-0.25, -0.2) is 0 Å². The quantitative estimate of drug-likeness (QED) is 0.921. The summed E-state index contributed by atoms with van der Waals surface area (Å²) in [4.78, 5) is 12.4. The molecule has 1 aliphatic rings. The molecular formula is C14H23ClN4O. The van der Waals surface area contributed by atoms with Crippen molar-refractivity contribution >= 4 is 17.5 Å². The minimum Gasteiger partial charge on any atom is -0.461 e. The van der Waals surface area contributed by atoms with E-state index in [1.54, 1.807) is 0 Å². The summed E-state index contributed by atoms with van der Waals surface area (Å²) < 4.78 is 5.48. The molecule has 112 valence electrons. The molecule has 0 amide bonds. The average Bonchev–Trinajstić information content (AvgIpc) is 2.31. The number of nitrogens with zero attached hydrogens (tertiary/aromatic N) is 3. The molecule has 1 heterocycles. The van der Waals surface area contributed by atoms with Gasteiger partial charge in [0.15, 0.2) is 0 Å². The second-order valence-corrected chi connectivity index (χ2v) is 6.36. The summed E-state index contributed by atoms with van der Waals surface area (Å²) in [6.07, 6.45) is 3.60. The van der Waals surface area contributed by atoms with Gasteiger partial charge in [0.1, 0.15) is 0 Å². The second-order valence-electron chi connectivity index (χ2n) is 6.02. The minimum absolute atomic E-state index is 0.00997. The number of hydrogen-bond donors (Lipinski definition) is 1. The monoisotopic (exact) mass is 298 g/mol. The maximum atomic E-state index is 5.93. The van der Waals surface area contributed by atoms with E-state index in [1.807, 2.05) is 13.8 Å². The zero-order valence-electron chi connectivity index (χ0n) is 12.6. The van der Waals surface area contributed by atoms with Crippen LogP contribution in [0.1, 0.15) is 47.0 Å². The SMILES string of the molecule is CC1CCC(Nc2nc(Cl)nc(OC(C)C)n2)C(C)C1.